The molecule has 1 fully saturated rings. The molecule has 3 nitrogen and oxygen atoms in total. The summed E-state index contributed by atoms with van der Waals surface area (Å²) < 4.78 is 0. The van der Waals surface area contributed by atoms with E-state index < -0.39 is 0 Å². The molecule has 1 heterocycles. The first-order chi connectivity index (χ1) is 9.56. The van der Waals surface area contributed by atoms with Crippen molar-refractivity contribution in [2.45, 2.75) is 53.0 Å². The molecule has 1 aliphatic carbocycles. The number of carbonyl (C=O) groups excluding carboxylic acids is 1. The number of rotatable bonds is 2. The van der Waals surface area contributed by atoms with Crippen LogP contribution in [0, 0.1) is 10.8 Å². The minimum absolute atomic E-state index is 0.139. The highest BCUT2D eigenvalue weighted by Gasteiger charge is 2.38. The predicted octanol–water partition coefficient (Wildman–Crippen LogP) is 4.72. The van der Waals surface area contributed by atoms with E-state index in [0.29, 0.717) is 5.56 Å². The lowest BCUT2D eigenvalue weighted by Crippen LogP contribution is -2.46. The highest BCUT2D eigenvalue weighted by Crippen LogP contribution is 2.45. The number of hydrogen-bond donors (Lipinski definition) is 1. The first-order valence-electron chi connectivity index (χ1n) is 7.20. The molecule has 0 aromatic carbocycles. The van der Waals surface area contributed by atoms with Crippen molar-refractivity contribution in [2.75, 3.05) is 0 Å². The monoisotopic (exact) mass is 328 g/mol. The summed E-state index contributed by atoms with van der Waals surface area (Å²) in [5.41, 5.74) is 0.918. The fourth-order valence-corrected chi connectivity index (χ4v) is 4.27. The Hall–Kier alpha value is -0.800. The highest BCUT2D eigenvalue weighted by molar-refractivity contribution is 6.33. The van der Waals surface area contributed by atoms with Gasteiger partial charge in [-0.25, -0.2) is 4.98 Å². The van der Waals surface area contributed by atoms with Gasteiger partial charge in [-0.2, -0.15) is 0 Å². The van der Waals surface area contributed by atoms with E-state index in [1.165, 1.54) is 6.42 Å². The number of pyridine rings is 1. The van der Waals surface area contributed by atoms with Crippen LogP contribution in [0.15, 0.2) is 12.1 Å². The first-order valence-corrected chi connectivity index (χ1v) is 7.96. The van der Waals surface area contributed by atoms with Crippen LogP contribution in [-0.4, -0.2) is 16.9 Å². The van der Waals surface area contributed by atoms with Crippen LogP contribution in [0.3, 0.4) is 0 Å². The maximum absolute atomic E-state index is 12.4. The van der Waals surface area contributed by atoms with Gasteiger partial charge in [0.1, 0.15) is 10.3 Å². The van der Waals surface area contributed by atoms with Crippen molar-refractivity contribution in [1.29, 1.82) is 0 Å². The van der Waals surface area contributed by atoms with E-state index in [1.54, 1.807) is 12.1 Å². The smallest absolute Gasteiger partial charge is 0.251 e. The molecule has 0 atom stereocenters. The van der Waals surface area contributed by atoms with Crippen LogP contribution >= 0.6 is 23.2 Å². The second-order valence-electron chi connectivity index (χ2n) is 7.59. The number of amides is 1. The second-order valence-corrected chi connectivity index (χ2v) is 8.36. The lowest BCUT2D eigenvalue weighted by atomic mass is 9.63. The Balaban J connectivity index is 2.12. The Morgan fingerprint density at radius 1 is 1.14 bits per heavy atom. The van der Waals surface area contributed by atoms with E-state index in [1.807, 2.05) is 0 Å². The average molecular weight is 329 g/mol. The summed E-state index contributed by atoms with van der Waals surface area (Å²) in [4.78, 5) is 16.2. The average Bonchev–Trinajstić information content (AvgIpc) is 2.22. The Labute approximate surface area is 136 Å². The van der Waals surface area contributed by atoms with Crippen molar-refractivity contribution in [3.63, 3.8) is 0 Å². The summed E-state index contributed by atoms with van der Waals surface area (Å²) >= 11 is 11.7. The third kappa shape index (κ3) is 4.58. The van der Waals surface area contributed by atoms with Gasteiger partial charge in [0.2, 0.25) is 0 Å². The van der Waals surface area contributed by atoms with Crippen molar-refractivity contribution < 1.29 is 4.79 Å². The van der Waals surface area contributed by atoms with Gasteiger partial charge in [0.15, 0.2) is 0 Å². The summed E-state index contributed by atoms with van der Waals surface area (Å²) in [6, 6.07) is 3.26. The van der Waals surface area contributed by atoms with Gasteiger partial charge in [-0.3, -0.25) is 4.79 Å². The van der Waals surface area contributed by atoms with Gasteiger partial charge in [-0.15, -0.1) is 0 Å². The zero-order chi connectivity index (χ0) is 15.8. The molecule has 116 valence electrons. The third-order valence-corrected chi connectivity index (χ3v) is 4.30. The summed E-state index contributed by atoms with van der Waals surface area (Å²) in [6.45, 7) is 9.03. The molecule has 1 saturated carbocycles. The fourth-order valence-electron chi connectivity index (χ4n) is 3.81. The van der Waals surface area contributed by atoms with Gasteiger partial charge >= 0.3 is 0 Å². The Bertz CT molecular complexity index is 519. The van der Waals surface area contributed by atoms with Crippen LogP contribution in [0.4, 0.5) is 0 Å². The van der Waals surface area contributed by atoms with Gasteiger partial charge in [-0.1, -0.05) is 50.9 Å². The number of nitrogens with one attached hydrogen (secondary N) is 1. The third-order valence-electron chi connectivity index (χ3n) is 3.92. The number of nitrogens with zero attached hydrogens (tertiary/aromatic N) is 1. The molecular weight excluding hydrogens is 307 g/mol. The molecule has 2 rings (SSSR count). The van der Waals surface area contributed by atoms with Crippen LogP contribution in [0.5, 0.6) is 0 Å². The van der Waals surface area contributed by atoms with E-state index in [-0.39, 0.29) is 33.1 Å². The molecule has 0 unspecified atom stereocenters. The van der Waals surface area contributed by atoms with Gasteiger partial charge in [-0.05, 0) is 42.2 Å². The van der Waals surface area contributed by atoms with E-state index >= 15 is 0 Å². The van der Waals surface area contributed by atoms with Gasteiger partial charge in [0.25, 0.3) is 5.91 Å². The quantitative estimate of drug-likeness (QED) is 0.798. The summed E-state index contributed by atoms with van der Waals surface area (Å²) in [7, 11) is 0. The van der Waals surface area contributed by atoms with Crippen molar-refractivity contribution in [3.05, 3.63) is 28.0 Å². The molecule has 0 radical (unpaired) electrons. The molecule has 1 aromatic rings. The summed E-state index contributed by atoms with van der Waals surface area (Å²) in [5.74, 6) is -0.139. The van der Waals surface area contributed by atoms with Crippen LogP contribution in [0.2, 0.25) is 10.3 Å². The normalized spacial score (nSPS) is 21.0. The Kier molecular flexibility index (Phi) is 4.55. The van der Waals surface area contributed by atoms with Crippen LogP contribution in [0.25, 0.3) is 0 Å². The number of carbonyl (C=O) groups is 1. The molecular formula is C16H22Cl2N2O. The molecule has 21 heavy (non-hydrogen) atoms. The van der Waals surface area contributed by atoms with Crippen molar-refractivity contribution >= 4 is 29.1 Å². The molecule has 0 aliphatic heterocycles. The zero-order valence-corrected chi connectivity index (χ0v) is 14.5. The number of halogens is 2. The van der Waals surface area contributed by atoms with Gasteiger partial charge in [0, 0.05) is 11.6 Å². The van der Waals surface area contributed by atoms with E-state index in [4.69, 9.17) is 23.2 Å². The van der Waals surface area contributed by atoms with Crippen LogP contribution in [-0.2, 0) is 0 Å². The summed E-state index contributed by atoms with van der Waals surface area (Å²) in [5, 5.41) is 3.58. The molecule has 5 heteroatoms. The standard InChI is InChI=1S/C16H22Cl2N2O/c1-15(2)7-11(8-16(3,4)9-15)19-14(21)10-5-12(17)20-13(18)6-10/h5-6,11H,7-9H2,1-4H3,(H,19,21). The minimum Gasteiger partial charge on any atom is -0.349 e. The van der Waals surface area contributed by atoms with Gasteiger partial charge < -0.3 is 5.32 Å². The van der Waals surface area contributed by atoms with Gasteiger partial charge in [0.05, 0.1) is 0 Å². The first kappa shape index (κ1) is 16.6. The fraction of sp³-hybridized carbons (Fsp3) is 0.625. The van der Waals surface area contributed by atoms with E-state index in [9.17, 15) is 4.79 Å². The molecule has 1 aromatic heterocycles. The molecule has 0 saturated heterocycles. The predicted molar refractivity (Wildman–Crippen MR) is 86.9 cm³/mol. The maximum Gasteiger partial charge on any atom is 0.251 e. The largest absolute Gasteiger partial charge is 0.349 e. The minimum atomic E-state index is -0.139. The Morgan fingerprint density at radius 2 is 1.62 bits per heavy atom. The van der Waals surface area contributed by atoms with E-state index in [0.717, 1.165) is 12.8 Å². The number of aromatic nitrogens is 1. The topological polar surface area (TPSA) is 42.0 Å². The lowest BCUT2D eigenvalue weighted by molar-refractivity contribution is 0.0713. The van der Waals surface area contributed by atoms with Crippen LogP contribution < -0.4 is 5.32 Å². The molecule has 1 amide bonds. The maximum atomic E-state index is 12.4. The highest BCUT2D eigenvalue weighted by atomic mass is 35.5. The molecule has 1 N–H and O–H groups in total. The summed E-state index contributed by atoms with van der Waals surface area (Å²) in [6.07, 6.45) is 3.13. The van der Waals surface area contributed by atoms with Crippen molar-refractivity contribution in [2.24, 2.45) is 10.8 Å². The molecule has 0 bridgehead atoms. The zero-order valence-electron chi connectivity index (χ0n) is 13.0. The second kappa shape index (κ2) is 5.77. The SMILES string of the molecule is CC1(C)CC(NC(=O)c2cc(Cl)nc(Cl)c2)CC(C)(C)C1. The van der Waals surface area contributed by atoms with E-state index in [2.05, 4.69) is 38.0 Å². The Morgan fingerprint density at radius 3 is 2.10 bits per heavy atom. The van der Waals surface area contributed by atoms with Crippen LogP contribution in [0.1, 0.15) is 57.3 Å². The number of hydrogen-bond acceptors (Lipinski definition) is 2. The van der Waals surface area contributed by atoms with Crippen molar-refractivity contribution in [1.82, 2.24) is 10.3 Å². The molecule has 1 aliphatic rings. The lowest BCUT2D eigenvalue weighted by Gasteiger charge is -2.45. The molecule has 0 spiro atoms. The van der Waals surface area contributed by atoms with Crippen molar-refractivity contribution in [3.8, 4) is 0 Å².